The summed E-state index contributed by atoms with van der Waals surface area (Å²) in [6.07, 6.45) is 0. The van der Waals surface area contributed by atoms with Crippen molar-refractivity contribution in [1.29, 1.82) is 0 Å². The summed E-state index contributed by atoms with van der Waals surface area (Å²) in [6, 6.07) is 12.5. The summed E-state index contributed by atoms with van der Waals surface area (Å²) in [4.78, 5) is 1.18. The Balaban J connectivity index is 2.09. The summed E-state index contributed by atoms with van der Waals surface area (Å²) in [5.74, 6) is -1.60. The van der Waals surface area contributed by atoms with Gasteiger partial charge in [0.2, 0.25) is 9.84 Å². The van der Waals surface area contributed by atoms with E-state index < -0.39 is 38.2 Å². The molecular formula is C18H11F3O2S2. The predicted molar refractivity (Wildman–Crippen MR) is 88.4 cm³/mol. The molecule has 0 N–H and O–H groups in total. The lowest BCUT2D eigenvalue weighted by atomic mass is 10.3. The quantitative estimate of drug-likeness (QED) is 0.383. The van der Waals surface area contributed by atoms with Gasteiger partial charge in [0, 0.05) is 9.79 Å². The van der Waals surface area contributed by atoms with E-state index in [0.29, 0.717) is 4.90 Å². The lowest BCUT2D eigenvalue weighted by Gasteiger charge is -2.31. The fourth-order valence-corrected chi connectivity index (χ4v) is 7.93. The van der Waals surface area contributed by atoms with Crippen LogP contribution in [0, 0.1) is 17.5 Å². The van der Waals surface area contributed by atoms with E-state index in [0.717, 1.165) is 24.3 Å². The Morgan fingerprint density at radius 2 is 1.08 bits per heavy atom. The van der Waals surface area contributed by atoms with Gasteiger partial charge in [-0.05, 0) is 65.6 Å². The number of sulfone groups is 1. The molecule has 4 rings (SSSR count). The molecule has 1 heterocycles. The molecule has 128 valence electrons. The number of hydrogen-bond donors (Lipinski definition) is 1. The van der Waals surface area contributed by atoms with Crippen LogP contribution in [0.1, 0.15) is 0 Å². The van der Waals surface area contributed by atoms with Crippen LogP contribution in [0.5, 0.6) is 0 Å². The highest BCUT2D eigenvalue weighted by atomic mass is 32.2. The van der Waals surface area contributed by atoms with Crippen LogP contribution in [0.4, 0.5) is 13.2 Å². The second kappa shape index (κ2) is 5.64. The van der Waals surface area contributed by atoms with Crippen molar-refractivity contribution in [3.05, 3.63) is 78.1 Å². The van der Waals surface area contributed by atoms with E-state index in [4.69, 9.17) is 0 Å². The number of thiol groups is 1. The number of halogens is 3. The van der Waals surface area contributed by atoms with E-state index in [1.54, 1.807) is 0 Å². The highest BCUT2D eigenvalue weighted by Gasteiger charge is 2.35. The molecule has 0 unspecified atom stereocenters. The molecule has 0 spiro atoms. The van der Waals surface area contributed by atoms with Gasteiger partial charge in [0.15, 0.2) is 0 Å². The second-order valence-electron chi connectivity index (χ2n) is 5.54. The van der Waals surface area contributed by atoms with Gasteiger partial charge in [0.25, 0.3) is 0 Å². The molecule has 0 saturated carbocycles. The van der Waals surface area contributed by atoms with Gasteiger partial charge in [0.1, 0.15) is 17.5 Å². The molecule has 1 aliphatic rings. The first-order chi connectivity index (χ1) is 11.9. The topological polar surface area (TPSA) is 34.1 Å². The highest BCUT2D eigenvalue weighted by molar-refractivity contribution is 8.18. The molecule has 2 nitrogen and oxygen atoms in total. The maximum Gasteiger partial charge on any atom is 0.208 e. The van der Waals surface area contributed by atoms with Gasteiger partial charge in [0.05, 0.1) is 9.79 Å². The molecule has 0 amide bonds. The third kappa shape index (κ3) is 2.54. The molecule has 1 aliphatic heterocycles. The van der Waals surface area contributed by atoms with E-state index in [1.165, 1.54) is 36.4 Å². The smallest absolute Gasteiger partial charge is 0.208 e. The number of fused-ring (bicyclic) bond motifs is 2. The van der Waals surface area contributed by atoms with Crippen molar-refractivity contribution in [3.8, 4) is 0 Å². The third-order valence-electron chi connectivity index (χ3n) is 3.99. The first-order valence-corrected chi connectivity index (χ1v) is 10.1. The fourth-order valence-electron chi connectivity index (χ4n) is 2.90. The molecule has 25 heavy (non-hydrogen) atoms. The average molecular weight is 380 g/mol. The largest absolute Gasteiger partial charge is 0.218 e. The lowest BCUT2D eigenvalue weighted by Crippen LogP contribution is -2.13. The lowest BCUT2D eigenvalue weighted by molar-refractivity contribution is 0.584. The molecule has 3 aromatic rings. The van der Waals surface area contributed by atoms with Crippen molar-refractivity contribution in [2.45, 2.75) is 24.5 Å². The standard InChI is InChI=1S/C18H11F3O2S2/c19-11-1-5-14(6-2-11)24-15-9-12(20)3-7-17(15)25(22,23)18-8-4-13(21)10-16(18)24/h1-10,24H. The van der Waals surface area contributed by atoms with Gasteiger partial charge in [-0.25, -0.2) is 21.6 Å². The monoisotopic (exact) mass is 380 g/mol. The fraction of sp³-hybridized carbons (Fsp3) is 0. The maximum atomic E-state index is 13.8. The molecule has 0 saturated heterocycles. The van der Waals surface area contributed by atoms with Crippen molar-refractivity contribution >= 4 is 20.7 Å². The molecule has 7 heteroatoms. The van der Waals surface area contributed by atoms with Crippen LogP contribution in [0.15, 0.2) is 85.1 Å². The SMILES string of the molecule is O=S1(=O)c2ccc(F)cc2[SH](c2ccc(F)cc2)c2cc(F)ccc21. The molecule has 0 radical (unpaired) electrons. The zero-order chi connectivity index (χ0) is 17.8. The molecule has 0 aliphatic carbocycles. The Hall–Kier alpha value is -2.25. The minimum atomic E-state index is -3.88. The Kier molecular flexibility index (Phi) is 3.66. The van der Waals surface area contributed by atoms with Gasteiger partial charge in [-0.15, -0.1) is 0 Å². The van der Waals surface area contributed by atoms with Gasteiger partial charge < -0.3 is 0 Å². The zero-order valence-corrected chi connectivity index (χ0v) is 14.3. The minimum absolute atomic E-state index is 0.00319. The Labute approximate surface area is 145 Å². The molecule has 0 atom stereocenters. The van der Waals surface area contributed by atoms with Gasteiger partial charge in [-0.3, -0.25) is 0 Å². The summed E-state index contributed by atoms with van der Waals surface area (Å²) in [7, 11) is -5.40. The van der Waals surface area contributed by atoms with Crippen molar-refractivity contribution in [2.24, 2.45) is 0 Å². The van der Waals surface area contributed by atoms with Crippen LogP contribution in [0.25, 0.3) is 0 Å². The summed E-state index contributed by atoms with van der Waals surface area (Å²) >= 11 is 0. The van der Waals surface area contributed by atoms with Gasteiger partial charge in [-0.1, -0.05) is 0 Å². The van der Waals surface area contributed by atoms with Crippen LogP contribution in [-0.2, 0) is 9.84 Å². The molecule has 0 fully saturated rings. The summed E-state index contributed by atoms with van der Waals surface area (Å²) in [6.45, 7) is 0. The van der Waals surface area contributed by atoms with Gasteiger partial charge in [-0.2, -0.15) is 10.9 Å². The molecule has 0 aromatic heterocycles. The highest BCUT2D eigenvalue weighted by Crippen LogP contribution is 2.59. The Morgan fingerprint density at radius 3 is 1.56 bits per heavy atom. The molecule has 3 aromatic carbocycles. The molecule has 0 bridgehead atoms. The summed E-state index contributed by atoms with van der Waals surface area (Å²) < 4.78 is 66.7. The van der Waals surface area contributed by atoms with E-state index in [2.05, 4.69) is 0 Å². The van der Waals surface area contributed by atoms with E-state index in [1.807, 2.05) is 0 Å². The average Bonchev–Trinajstić information content (AvgIpc) is 2.56. The second-order valence-corrected chi connectivity index (χ2v) is 9.58. The Bertz CT molecular complexity index is 1030. The van der Waals surface area contributed by atoms with Crippen molar-refractivity contribution in [3.63, 3.8) is 0 Å². The predicted octanol–water partition coefficient (Wildman–Crippen LogP) is 4.73. The normalized spacial score (nSPS) is 16.2. The Morgan fingerprint density at radius 1 is 0.640 bits per heavy atom. The first-order valence-electron chi connectivity index (χ1n) is 7.28. The van der Waals surface area contributed by atoms with Crippen molar-refractivity contribution < 1.29 is 21.6 Å². The van der Waals surface area contributed by atoms with Crippen molar-refractivity contribution in [1.82, 2.24) is 0 Å². The first kappa shape index (κ1) is 16.2. The van der Waals surface area contributed by atoms with Crippen LogP contribution < -0.4 is 0 Å². The summed E-state index contributed by atoms with van der Waals surface area (Å²) in [5, 5.41) is 0. The van der Waals surface area contributed by atoms with E-state index in [9.17, 15) is 21.6 Å². The van der Waals surface area contributed by atoms with Crippen LogP contribution in [0.2, 0.25) is 0 Å². The summed E-state index contributed by atoms with van der Waals surface area (Å²) in [5.41, 5.74) is 0. The minimum Gasteiger partial charge on any atom is -0.218 e. The van der Waals surface area contributed by atoms with E-state index >= 15 is 0 Å². The molecular weight excluding hydrogens is 369 g/mol. The van der Waals surface area contributed by atoms with Gasteiger partial charge >= 0.3 is 0 Å². The van der Waals surface area contributed by atoms with Crippen LogP contribution in [-0.4, -0.2) is 8.42 Å². The number of benzene rings is 3. The maximum absolute atomic E-state index is 13.8. The zero-order valence-electron chi connectivity index (χ0n) is 12.6. The van der Waals surface area contributed by atoms with Crippen LogP contribution in [0.3, 0.4) is 0 Å². The van der Waals surface area contributed by atoms with Crippen LogP contribution >= 0.6 is 10.9 Å². The van der Waals surface area contributed by atoms with E-state index in [-0.39, 0.29) is 19.6 Å². The number of rotatable bonds is 1. The van der Waals surface area contributed by atoms with Crippen molar-refractivity contribution in [2.75, 3.05) is 0 Å². The third-order valence-corrected chi connectivity index (χ3v) is 8.68. The number of hydrogen-bond acceptors (Lipinski definition) is 2.